The minimum absolute atomic E-state index is 0.987. The van der Waals surface area contributed by atoms with E-state index in [0.29, 0.717) is 0 Å². The number of thiophene rings is 1. The number of hydrogen-bond acceptors (Lipinski definition) is 3. The Balaban J connectivity index is 1.23. The lowest BCUT2D eigenvalue weighted by atomic mass is 9.98. The van der Waals surface area contributed by atoms with Gasteiger partial charge in [-0.05, 0) is 57.8 Å². The summed E-state index contributed by atoms with van der Waals surface area (Å²) in [4.78, 5) is 10.5. The van der Waals surface area contributed by atoms with Crippen LogP contribution >= 0.6 is 11.3 Å². The summed E-state index contributed by atoms with van der Waals surface area (Å²) in [5.74, 6) is 0. The van der Waals surface area contributed by atoms with Gasteiger partial charge in [0.15, 0.2) is 0 Å². The molecule has 7 aromatic rings. The minimum atomic E-state index is -1.30. The molecule has 3 heterocycles. The zero-order chi connectivity index (χ0) is 26.6. The van der Waals surface area contributed by atoms with E-state index in [1.165, 1.54) is 48.1 Å². The van der Waals surface area contributed by atoms with Crippen molar-refractivity contribution in [2.45, 2.75) is 19.6 Å². The van der Waals surface area contributed by atoms with Crippen molar-refractivity contribution in [3.05, 3.63) is 116 Å². The van der Waals surface area contributed by atoms with Crippen molar-refractivity contribution < 1.29 is 0 Å². The molecule has 0 aliphatic rings. The zero-order valence-electron chi connectivity index (χ0n) is 22.3. The van der Waals surface area contributed by atoms with Gasteiger partial charge in [-0.3, -0.25) is 4.98 Å². The zero-order valence-corrected chi connectivity index (χ0v) is 24.1. The molecule has 3 aromatic heterocycles. The number of hydrogen-bond donors (Lipinski definition) is 0. The topological polar surface area (TPSA) is 25.8 Å². The molecule has 0 bridgehead atoms. The standard InChI is InChI=1S/C35H28N2SSi/c1-39(2,3)29-16-13-23(14-17-29)25-11-9-24-10-12-26(21-28(24)20-25)27-15-18-33(37-22-27)32-7-4-6-30-31-8-5-19-36-35(31)38-34(30)32/h4-22H,1-3H3. The van der Waals surface area contributed by atoms with E-state index in [2.05, 4.69) is 122 Å². The van der Waals surface area contributed by atoms with Crippen LogP contribution in [0.1, 0.15) is 0 Å². The fraction of sp³-hybridized carbons (Fsp3) is 0.0857. The van der Waals surface area contributed by atoms with Gasteiger partial charge in [0.1, 0.15) is 4.83 Å². The van der Waals surface area contributed by atoms with Gasteiger partial charge in [-0.2, -0.15) is 0 Å². The third-order valence-corrected chi connectivity index (χ3v) is 10.8. The van der Waals surface area contributed by atoms with Gasteiger partial charge in [0.05, 0.1) is 13.8 Å². The molecule has 0 spiro atoms. The van der Waals surface area contributed by atoms with Crippen molar-refractivity contribution in [2.75, 3.05) is 0 Å². The monoisotopic (exact) mass is 536 g/mol. The Morgan fingerprint density at radius 2 is 1.28 bits per heavy atom. The highest BCUT2D eigenvalue weighted by atomic mass is 32.1. The first-order valence-electron chi connectivity index (χ1n) is 13.3. The van der Waals surface area contributed by atoms with Crippen LogP contribution in [0.3, 0.4) is 0 Å². The molecule has 0 N–H and O–H groups in total. The van der Waals surface area contributed by atoms with Crippen molar-refractivity contribution in [3.8, 4) is 33.5 Å². The first kappa shape index (κ1) is 24.0. The van der Waals surface area contributed by atoms with Gasteiger partial charge in [-0.15, -0.1) is 11.3 Å². The predicted molar refractivity (Wildman–Crippen MR) is 172 cm³/mol. The highest BCUT2D eigenvalue weighted by Crippen LogP contribution is 2.38. The van der Waals surface area contributed by atoms with Gasteiger partial charge in [0.25, 0.3) is 0 Å². The third kappa shape index (κ3) is 4.36. The summed E-state index contributed by atoms with van der Waals surface area (Å²) in [5.41, 5.74) is 6.96. The molecule has 7 rings (SSSR count). The van der Waals surface area contributed by atoms with Gasteiger partial charge in [0.2, 0.25) is 0 Å². The molecule has 0 saturated carbocycles. The minimum Gasteiger partial charge on any atom is -0.256 e. The van der Waals surface area contributed by atoms with Crippen molar-refractivity contribution in [2.24, 2.45) is 0 Å². The molecule has 0 aliphatic carbocycles. The molecule has 188 valence electrons. The lowest BCUT2D eigenvalue weighted by Crippen LogP contribution is -2.37. The summed E-state index contributed by atoms with van der Waals surface area (Å²) < 4.78 is 1.24. The number of fused-ring (bicyclic) bond motifs is 4. The van der Waals surface area contributed by atoms with E-state index in [4.69, 9.17) is 4.98 Å². The summed E-state index contributed by atoms with van der Waals surface area (Å²) in [7, 11) is -1.30. The normalized spacial score (nSPS) is 12.0. The first-order valence-corrected chi connectivity index (χ1v) is 17.6. The summed E-state index contributed by atoms with van der Waals surface area (Å²) >= 11 is 1.74. The Hall–Kier alpha value is -4.12. The number of rotatable bonds is 4. The maximum Gasteiger partial charge on any atom is 0.124 e. The van der Waals surface area contributed by atoms with Crippen LogP contribution in [0.4, 0.5) is 0 Å². The van der Waals surface area contributed by atoms with Crippen LogP contribution in [0.15, 0.2) is 116 Å². The van der Waals surface area contributed by atoms with Crippen LogP contribution in [-0.2, 0) is 0 Å². The van der Waals surface area contributed by atoms with E-state index >= 15 is 0 Å². The lowest BCUT2D eigenvalue weighted by molar-refractivity contribution is 1.33. The second-order valence-electron chi connectivity index (χ2n) is 11.2. The maximum absolute atomic E-state index is 4.91. The predicted octanol–water partition coefficient (Wildman–Crippen LogP) is 9.54. The molecule has 0 saturated heterocycles. The van der Waals surface area contributed by atoms with Crippen LogP contribution in [0.25, 0.3) is 64.6 Å². The number of benzene rings is 4. The second-order valence-corrected chi connectivity index (χ2v) is 17.3. The van der Waals surface area contributed by atoms with Gasteiger partial charge in [-0.1, -0.05) is 97.6 Å². The van der Waals surface area contributed by atoms with E-state index in [1.54, 1.807) is 11.3 Å². The number of aromatic nitrogens is 2. The molecule has 2 nitrogen and oxygen atoms in total. The molecule has 0 aliphatic heterocycles. The average Bonchev–Trinajstić information content (AvgIpc) is 3.35. The number of pyridine rings is 2. The van der Waals surface area contributed by atoms with E-state index in [9.17, 15) is 0 Å². The largest absolute Gasteiger partial charge is 0.256 e. The van der Waals surface area contributed by atoms with Crippen molar-refractivity contribution in [3.63, 3.8) is 0 Å². The molecular formula is C35H28N2SSi. The SMILES string of the molecule is C[Si](C)(C)c1ccc(-c2ccc3ccc(-c4ccc(-c5cccc6c5sc5ncccc56)nc4)cc3c2)cc1. The van der Waals surface area contributed by atoms with Crippen LogP contribution in [0.5, 0.6) is 0 Å². The quantitative estimate of drug-likeness (QED) is 0.209. The lowest BCUT2D eigenvalue weighted by Gasteiger charge is -2.17. The fourth-order valence-corrected chi connectivity index (χ4v) is 7.66. The first-order chi connectivity index (χ1) is 18.9. The Kier molecular flexibility index (Phi) is 5.69. The fourth-order valence-electron chi connectivity index (χ4n) is 5.33. The molecule has 4 aromatic carbocycles. The summed E-state index contributed by atoms with van der Waals surface area (Å²) in [6.07, 6.45) is 3.86. The van der Waals surface area contributed by atoms with E-state index < -0.39 is 8.07 Å². The molecule has 0 amide bonds. The summed E-state index contributed by atoms with van der Waals surface area (Å²) in [5, 5.41) is 6.43. The smallest absolute Gasteiger partial charge is 0.124 e. The Labute approximate surface area is 233 Å². The second kappa shape index (κ2) is 9.26. The molecule has 0 unspecified atom stereocenters. The Bertz CT molecular complexity index is 1980. The Morgan fingerprint density at radius 3 is 2.00 bits per heavy atom. The van der Waals surface area contributed by atoms with Gasteiger partial charge in [-0.25, -0.2) is 4.98 Å². The van der Waals surface area contributed by atoms with E-state index in [0.717, 1.165) is 21.7 Å². The number of nitrogens with zero attached hydrogens (tertiary/aromatic N) is 2. The molecular weight excluding hydrogens is 509 g/mol. The van der Waals surface area contributed by atoms with Gasteiger partial charge < -0.3 is 0 Å². The van der Waals surface area contributed by atoms with Crippen molar-refractivity contribution in [1.29, 1.82) is 0 Å². The molecule has 4 heteroatoms. The van der Waals surface area contributed by atoms with Crippen LogP contribution in [-0.4, -0.2) is 18.0 Å². The van der Waals surface area contributed by atoms with Crippen LogP contribution in [0.2, 0.25) is 19.6 Å². The summed E-state index contributed by atoms with van der Waals surface area (Å²) in [6, 6.07) is 37.5. The van der Waals surface area contributed by atoms with Crippen LogP contribution < -0.4 is 5.19 Å². The highest BCUT2D eigenvalue weighted by molar-refractivity contribution is 7.26. The van der Waals surface area contributed by atoms with Gasteiger partial charge >= 0.3 is 0 Å². The Morgan fingerprint density at radius 1 is 0.590 bits per heavy atom. The molecule has 0 atom stereocenters. The van der Waals surface area contributed by atoms with Crippen LogP contribution in [0, 0.1) is 0 Å². The van der Waals surface area contributed by atoms with E-state index in [-0.39, 0.29) is 0 Å². The van der Waals surface area contributed by atoms with Crippen molar-refractivity contribution in [1.82, 2.24) is 9.97 Å². The molecule has 0 fully saturated rings. The van der Waals surface area contributed by atoms with E-state index in [1.807, 2.05) is 18.5 Å². The molecule has 0 radical (unpaired) electrons. The van der Waals surface area contributed by atoms with Gasteiger partial charge in [0, 0.05) is 39.0 Å². The maximum atomic E-state index is 4.91. The highest BCUT2D eigenvalue weighted by Gasteiger charge is 2.16. The third-order valence-electron chi connectivity index (χ3n) is 7.57. The summed E-state index contributed by atoms with van der Waals surface area (Å²) in [6.45, 7) is 7.18. The molecule has 39 heavy (non-hydrogen) atoms. The van der Waals surface area contributed by atoms with Crippen molar-refractivity contribution >= 4 is 55.7 Å². The average molecular weight is 537 g/mol.